The number of carbonyl (C=O) groups is 1. The molecule has 3 heteroatoms. The van der Waals surface area contributed by atoms with Crippen LogP contribution >= 0.6 is 0 Å². The van der Waals surface area contributed by atoms with Crippen LogP contribution in [0.1, 0.15) is 39.5 Å². The van der Waals surface area contributed by atoms with Gasteiger partial charge in [-0.15, -0.1) is 0 Å². The summed E-state index contributed by atoms with van der Waals surface area (Å²) in [7, 11) is 0. The minimum absolute atomic E-state index is 0.339. The van der Waals surface area contributed by atoms with Crippen LogP contribution in [-0.4, -0.2) is 30.1 Å². The monoisotopic (exact) mass is 210 g/mol. The van der Waals surface area contributed by atoms with Crippen molar-refractivity contribution in [2.45, 2.75) is 45.7 Å². The maximum Gasteiger partial charge on any atom is 0.224 e. The summed E-state index contributed by atoms with van der Waals surface area (Å²) >= 11 is 0. The predicted octanol–water partition coefficient (Wildman–Crippen LogP) is 1.59. The Labute approximate surface area is 92.2 Å². The van der Waals surface area contributed by atoms with Gasteiger partial charge in [0.2, 0.25) is 5.91 Å². The molecule has 2 saturated heterocycles. The van der Waals surface area contributed by atoms with Crippen molar-refractivity contribution >= 4 is 5.91 Å². The molecule has 0 aromatic carbocycles. The highest BCUT2D eigenvalue weighted by atomic mass is 16.2. The summed E-state index contributed by atoms with van der Waals surface area (Å²) in [4.78, 5) is 14.0. The highest BCUT2D eigenvalue weighted by Crippen LogP contribution is 2.27. The number of likely N-dealkylation sites (tertiary alicyclic amines) is 1. The third-order valence-corrected chi connectivity index (χ3v) is 3.85. The lowest BCUT2D eigenvalue weighted by Gasteiger charge is -2.37. The van der Waals surface area contributed by atoms with Gasteiger partial charge in [-0.25, -0.2) is 0 Å². The Kier molecular flexibility index (Phi) is 3.29. The molecule has 2 fully saturated rings. The summed E-state index contributed by atoms with van der Waals surface area (Å²) in [6.07, 6.45) is 4.63. The van der Waals surface area contributed by atoms with E-state index in [2.05, 4.69) is 24.1 Å². The average molecular weight is 210 g/mol. The van der Waals surface area contributed by atoms with Crippen molar-refractivity contribution in [2.24, 2.45) is 11.8 Å². The predicted molar refractivity (Wildman–Crippen MR) is 60.3 cm³/mol. The fourth-order valence-corrected chi connectivity index (χ4v) is 2.70. The largest absolute Gasteiger partial charge is 0.327 e. The number of hydrogen-bond donors (Lipinski definition) is 1. The fourth-order valence-electron chi connectivity index (χ4n) is 2.70. The first kappa shape index (κ1) is 10.9. The number of piperidine rings is 1. The summed E-state index contributed by atoms with van der Waals surface area (Å²) in [5, 5.41) is 3.41. The standard InChI is InChI=1S/C12H22N2O/c1-9(2)10-5-7-14(12(15)8-10)11-4-3-6-13-11/h9-11,13H,3-8H2,1-2H3. The first-order valence-electron chi connectivity index (χ1n) is 6.21. The summed E-state index contributed by atoms with van der Waals surface area (Å²) in [5.74, 6) is 1.61. The third kappa shape index (κ3) is 2.33. The molecule has 0 aromatic heterocycles. The zero-order chi connectivity index (χ0) is 10.8. The van der Waals surface area contributed by atoms with Crippen LogP contribution in [0.4, 0.5) is 0 Å². The molecule has 2 aliphatic heterocycles. The zero-order valence-electron chi connectivity index (χ0n) is 9.83. The minimum Gasteiger partial charge on any atom is -0.327 e. The lowest BCUT2D eigenvalue weighted by Crippen LogP contribution is -2.49. The van der Waals surface area contributed by atoms with E-state index in [0.29, 0.717) is 23.9 Å². The molecule has 0 saturated carbocycles. The van der Waals surface area contributed by atoms with Crippen molar-refractivity contribution in [1.82, 2.24) is 10.2 Å². The molecule has 0 radical (unpaired) electrons. The number of amides is 1. The Morgan fingerprint density at radius 1 is 1.40 bits per heavy atom. The number of nitrogens with one attached hydrogen (secondary N) is 1. The first-order valence-corrected chi connectivity index (χ1v) is 6.21. The Hall–Kier alpha value is -0.570. The molecule has 2 aliphatic rings. The van der Waals surface area contributed by atoms with Crippen molar-refractivity contribution in [1.29, 1.82) is 0 Å². The van der Waals surface area contributed by atoms with Crippen LogP contribution in [-0.2, 0) is 4.79 Å². The van der Waals surface area contributed by atoms with Gasteiger partial charge in [-0.1, -0.05) is 13.8 Å². The summed E-state index contributed by atoms with van der Waals surface area (Å²) in [6.45, 7) is 6.48. The molecule has 2 unspecified atom stereocenters. The summed E-state index contributed by atoms with van der Waals surface area (Å²) in [6, 6.07) is 0. The van der Waals surface area contributed by atoms with Crippen molar-refractivity contribution in [3.8, 4) is 0 Å². The Morgan fingerprint density at radius 3 is 2.73 bits per heavy atom. The van der Waals surface area contributed by atoms with E-state index >= 15 is 0 Å². The molecular weight excluding hydrogens is 188 g/mol. The molecule has 2 heterocycles. The molecule has 2 atom stereocenters. The maximum absolute atomic E-state index is 12.0. The molecule has 0 aromatic rings. The van der Waals surface area contributed by atoms with Gasteiger partial charge in [0.15, 0.2) is 0 Å². The molecule has 3 nitrogen and oxygen atoms in total. The highest BCUT2D eigenvalue weighted by Gasteiger charge is 2.32. The normalized spacial score (nSPS) is 32.7. The van der Waals surface area contributed by atoms with Crippen LogP contribution in [0.2, 0.25) is 0 Å². The molecule has 0 aliphatic carbocycles. The van der Waals surface area contributed by atoms with Gasteiger partial charge >= 0.3 is 0 Å². The van der Waals surface area contributed by atoms with Gasteiger partial charge in [-0.3, -0.25) is 10.1 Å². The van der Waals surface area contributed by atoms with E-state index in [0.717, 1.165) is 25.9 Å². The molecule has 86 valence electrons. The topological polar surface area (TPSA) is 32.3 Å². The maximum atomic E-state index is 12.0. The number of rotatable bonds is 2. The molecular formula is C12H22N2O. The lowest BCUT2D eigenvalue weighted by atomic mass is 9.86. The van der Waals surface area contributed by atoms with Crippen molar-refractivity contribution in [2.75, 3.05) is 13.1 Å². The van der Waals surface area contributed by atoms with Crippen LogP contribution < -0.4 is 5.32 Å². The fraction of sp³-hybridized carbons (Fsp3) is 0.917. The van der Waals surface area contributed by atoms with Crippen LogP contribution in [0, 0.1) is 11.8 Å². The van der Waals surface area contributed by atoms with Gasteiger partial charge in [0.05, 0.1) is 6.17 Å². The van der Waals surface area contributed by atoms with Gasteiger partial charge in [0, 0.05) is 13.0 Å². The Bertz CT molecular complexity index is 234. The first-order chi connectivity index (χ1) is 7.18. The lowest BCUT2D eigenvalue weighted by molar-refractivity contribution is -0.138. The second-order valence-corrected chi connectivity index (χ2v) is 5.20. The van der Waals surface area contributed by atoms with E-state index in [-0.39, 0.29) is 0 Å². The SMILES string of the molecule is CC(C)C1CCN(C2CCCN2)C(=O)C1. The van der Waals surface area contributed by atoms with E-state index < -0.39 is 0 Å². The molecule has 15 heavy (non-hydrogen) atoms. The van der Waals surface area contributed by atoms with Crippen LogP contribution in [0.3, 0.4) is 0 Å². The smallest absolute Gasteiger partial charge is 0.224 e. The van der Waals surface area contributed by atoms with Crippen LogP contribution in [0.15, 0.2) is 0 Å². The number of carbonyl (C=O) groups excluding carboxylic acids is 1. The van der Waals surface area contributed by atoms with Gasteiger partial charge in [-0.05, 0) is 37.6 Å². The minimum atomic E-state index is 0.339. The van der Waals surface area contributed by atoms with Gasteiger partial charge in [-0.2, -0.15) is 0 Å². The van der Waals surface area contributed by atoms with Crippen molar-refractivity contribution in [3.05, 3.63) is 0 Å². The Balaban J connectivity index is 1.91. The van der Waals surface area contributed by atoms with E-state index in [9.17, 15) is 4.79 Å². The molecule has 0 bridgehead atoms. The van der Waals surface area contributed by atoms with Gasteiger partial charge < -0.3 is 4.90 Å². The summed E-state index contributed by atoms with van der Waals surface area (Å²) in [5.41, 5.74) is 0. The Morgan fingerprint density at radius 2 is 2.20 bits per heavy atom. The van der Waals surface area contributed by atoms with Crippen LogP contribution in [0.5, 0.6) is 0 Å². The van der Waals surface area contributed by atoms with E-state index in [4.69, 9.17) is 0 Å². The molecule has 2 rings (SSSR count). The second-order valence-electron chi connectivity index (χ2n) is 5.20. The van der Waals surface area contributed by atoms with Gasteiger partial charge in [0.25, 0.3) is 0 Å². The molecule has 1 amide bonds. The van der Waals surface area contributed by atoms with Gasteiger partial charge in [0.1, 0.15) is 0 Å². The highest BCUT2D eigenvalue weighted by molar-refractivity contribution is 5.77. The zero-order valence-corrected chi connectivity index (χ0v) is 9.83. The average Bonchev–Trinajstić information content (AvgIpc) is 2.70. The third-order valence-electron chi connectivity index (χ3n) is 3.85. The quantitative estimate of drug-likeness (QED) is 0.750. The summed E-state index contributed by atoms with van der Waals surface area (Å²) < 4.78 is 0. The van der Waals surface area contributed by atoms with E-state index in [1.165, 1.54) is 12.8 Å². The van der Waals surface area contributed by atoms with E-state index in [1.807, 2.05) is 0 Å². The second kappa shape index (κ2) is 4.52. The number of hydrogen-bond acceptors (Lipinski definition) is 2. The number of nitrogens with zero attached hydrogens (tertiary/aromatic N) is 1. The van der Waals surface area contributed by atoms with Crippen molar-refractivity contribution < 1.29 is 4.79 Å². The molecule has 1 N–H and O–H groups in total. The van der Waals surface area contributed by atoms with Crippen molar-refractivity contribution in [3.63, 3.8) is 0 Å². The van der Waals surface area contributed by atoms with E-state index in [1.54, 1.807) is 0 Å². The molecule has 0 spiro atoms. The van der Waals surface area contributed by atoms with Crippen LogP contribution in [0.25, 0.3) is 0 Å².